The minimum absolute atomic E-state index is 0. The molecule has 0 fully saturated rings. The number of carboxylic acids is 1. The Labute approximate surface area is 87.2 Å². The Morgan fingerprint density at radius 2 is 1.13 bits per heavy atom. The van der Waals surface area contributed by atoms with Crippen LogP contribution >= 0.6 is 0 Å². The van der Waals surface area contributed by atoms with Crippen LogP contribution in [0.2, 0.25) is 0 Å². The molecular formula is C4F8NiO2-. The Morgan fingerprint density at radius 3 is 1.13 bits per heavy atom. The van der Waals surface area contributed by atoms with Crippen LogP contribution in [-0.2, 0) is 21.3 Å². The molecule has 0 bridgehead atoms. The fraction of sp³-hybridized carbons (Fsp3) is 0.500. The molecule has 0 aliphatic rings. The molecule has 95 valence electrons. The van der Waals surface area contributed by atoms with E-state index in [-0.39, 0.29) is 16.5 Å². The molecule has 11 heteroatoms. The molecule has 0 aromatic heterocycles. The SMILES string of the molecule is F[C](F)F.O=C([O-])C(F)(F)C(F)(F)F.[Ni]. The summed E-state index contributed by atoms with van der Waals surface area (Å²) in [6.45, 7) is -3.08. The molecule has 15 heavy (non-hydrogen) atoms. The van der Waals surface area contributed by atoms with Gasteiger partial charge in [-0.3, -0.25) is 0 Å². The monoisotopic (exact) mass is 290 g/mol. The molecule has 0 saturated carbocycles. The van der Waals surface area contributed by atoms with Crippen molar-refractivity contribution in [1.29, 1.82) is 0 Å². The van der Waals surface area contributed by atoms with Crippen LogP contribution in [0.1, 0.15) is 0 Å². The maximum absolute atomic E-state index is 11.3. The number of carboxylic acid groups (broad SMARTS) is 1. The molecule has 0 aromatic rings. The van der Waals surface area contributed by atoms with Crippen molar-refractivity contribution in [1.82, 2.24) is 0 Å². The summed E-state index contributed by atoms with van der Waals surface area (Å²) >= 11 is 0. The quantitative estimate of drug-likeness (QED) is 0.539. The van der Waals surface area contributed by atoms with E-state index in [9.17, 15) is 35.1 Å². The van der Waals surface area contributed by atoms with Gasteiger partial charge in [-0.05, 0) is 0 Å². The van der Waals surface area contributed by atoms with Crippen molar-refractivity contribution in [3.63, 3.8) is 0 Å². The Balaban J connectivity index is -0.000000249. The molecule has 0 saturated heterocycles. The van der Waals surface area contributed by atoms with Gasteiger partial charge in [0.1, 0.15) is 5.97 Å². The van der Waals surface area contributed by atoms with Gasteiger partial charge in [-0.25, -0.2) is 0 Å². The zero-order valence-electron chi connectivity index (χ0n) is 6.16. The number of aliphatic carboxylic acids is 1. The Hall–Kier alpha value is -0.596. The molecule has 0 spiro atoms. The standard InChI is InChI=1S/C3HF5O2.CF3.Ni/c4-2(5,1(9)10)3(6,7)8;2-1(3)4;/h(H,9,10);;/p-1. The number of halogens is 8. The number of carbonyl (C=O) groups excluding carboxylic acids is 1. The number of alkyl halides is 5. The fourth-order valence-corrected chi connectivity index (χ4v) is 0.116. The van der Waals surface area contributed by atoms with Crippen molar-refractivity contribution < 1.29 is 61.5 Å². The third-order valence-electron chi connectivity index (χ3n) is 0.612. The summed E-state index contributed by atoms with van der Waals surface area (Å²) in [4.78, 5) is 9.09. The second-order valence-corrected chi connectivity index (χ2v) is 1.57. The van der Waals surface area contributed by atoms with E-state index < -0.39 is 24.7 Å². The Morgan fingerprint density at radius 1 is 0.933 bits per heavy atom. The number of hydrogen-bond donors (Lipinski definition) is 0. The summed E-state index contributed by atoms with van der Waals surface area (Å²) in [6, 6.07) is 0. The summed E-state index contributed by atoms with van der Waals surface area (Å²) in [5.41, 5.74) is 0. The van der Waals surface area contributed by atoms with E-state index in [1.807, 2.05) is 0 Å². The largest absolute Gasteiger partial charge is 0.544 e. The predicted molar refractivity (Wildman–Crippen MR) is 22.6 cm³/mol. The molecular weight excluding hydrogens is 291 g/mol. The first-order chi connectivity index (χ1) is 5.93. The zero-order valence-corrected chi connectivity index (χ0v) is 7.14. The molecule has 1 radical (unpaired) electrons. The summed E-state index contributed by atoms with van der Waals surface area (Å²) in [6.07, 6.45) is -6.08. The van der Waals surface area contributed by atoms with Crippen molar-refractivity contribution in [3.05, 3.63) is 6.68 Å². The van der Waals surface area contributed by atoms with Crippen molar-refractivity contribution in [2.24, 2.45) is 0 Å². The average molecular weight is 291 g/mol. The van der Waals surface area contributed by atoms with Gasteiger partial charge in [0.15, 0.2) is 0 Å². The van der Waals surface area contributed by atoms with E-state index in [2.05, 4.69) is 0 Å². The summed E-state index contributed by atoms with van der Waals surface area (Å²) in [7, 11) is 0. The van der Waals surface area contributed by atoms with E-state index in [1.165, 1.54) is 0 Å². The van der Waals surface area contributed by atoms with Crippen LogP contribution in [0.4, 0.5) is 35.1 Å². The molecule has 0 N–H and O–H groups in total. The van der Waals surface area contributed by atoms with Crippen molar-refractivity contribution >= 4 is 5.97 Å². The van der Waals surface area contributed by atoms with Crippen LogP contribution in [0.15, 0.2) is 0 Å². The van der Waals surface area contributed by atoms with Gasteiger partial charge in [-0.2, -0.15) is 35.1 Å². The van der Waals surface area contributed by atoms with Crippen LogP contribution < -0.4 is 5.11 Å². The Kier molecular flexibility index (Phi) is 9.03. The first-order valence-corrected chi connectivity index (χ1v) is 2.42. The van der Waals surface area contributed by atoms with Crippen molar-refractivity contribution in [2.75, 3.05) is 0 Å². The smallest absolute Gasteiger partial charge is 0.487 e. The third kappa shape index (κ3) is 8.40. The van der Waals surface area contributed by atoms with E-state index >= 15 is 0 Å². The van der Waals surface area contributed by atoms with Gasteiger partial charge in [0.2, 0.25) is 0 Å². The maximum atomic E-state index is 11.3. The normalized spacial score (nSPS) is 11.3. The van der Waals surface area contributed by atoms with E-state index in [1.54, 1.807) is 0 Å². The van der Waals surface area contributed by atoms with Crippen LogP contribution in [0.25, 0.3) is 0 Å². The van der Waals surface area contributed by atoms with Gasteiger partial charge in [-0.1, -0.05) is 0 Å². The molecule has 0 atom stereocenters. The number of rotatable bonds is 1. The third-order valence-corrected chi connectivity index (χ3v) is 0.612. The molecule has 0 unspecified atom stereocenters. The number of hydrogen-bond acceptors (Lipinski definition) is 2. The van der Waals surface area contributed by atoms with Crippen molar-refractivity contribution in [2.45, 2.75) is 12.1 Å². The summed E-state index contributed by atoms with van der Waals surface area (Å²) < 4.78 is 84.0. The predicted octanol–water partition coefficient (Wildman–Crippen LogP) is 1.27. The van der Waals surface area contributed by atoms with E-state index in [0.717, 1.165) is 0 Å². The summed E-state index contributed by atoms with van der Waals surface area (Å²) in [5.74, 6) is -9.20. The van der Waals surface area contributed by atoms with Crippen LogP contribution in [0.5, 0.6) is 0 Å². The van der Waals surface area contributed by atoms with Crippen LogP contribution in [-0.4, -0.2) is 18.1 Å². The van der Waals surface area contributed by atoms with Gasteiger partial charge in [0.25, 0.3) is 0 Å². The molecule has 0 aromatic carbocycles. The van der Waals surface area contributed by atoms with Gasteiger partial charge >= 0.3 is 18.8 Å². The topological polar surface area (TPSA) is 40.1 Å². The maximum Gasteiger partial charge on any atom is 0.487 e. The molecule has 2 nitrogen and oxygen atoms in total. The van der Waals surface area contributed by atoms with Gasteiger partial charge in [0.05, 0.1) is 0 Å². The molecule has 0 aliphatic carbocycles. The minimum Gasteiger partial charge on any atom is -0.544 e. The second-order valence-electron chi connectivity index (χ2n) is 1.57. The first kappa shape index (κ1) is 19.9. The minimum atomic E-state index is -6.08. The Bertz CT molecular complexity index is 187. The molecule has 0 amide bonds. The van der Waals surface area contributed by atoms with E-state index in [4.69, 9.17) is 9.90 Å². The van der Waals surface area contributed by atoms with Gasteiger partial charge < -0.3 is 9.90 Å². The summed E-state index contributed by atoms with van der Waals surface area (Å²) in [5, 5.41) is 9.09. The molecule has 0 heterocycles. The van der Waals surface area contributed by atoms with Crippen molar-refractivity contribution in [3.8, 4) is 0 Å². The first-order valence-electron chi connectivity index (χ1n) is 2.42. The molecule has 0 aliphatic heterocycles. The zero-order chi connectivity index (χ0) is 12.2. The fourth-order valence-electron chi connectivity index (χ4n) is 0.116. The van der Waals surface area contributed by atoms with E-state index in [0.29, 0.717) is 0 Å². The average Bonchev–Trinajstić information content (AvgIpc) is 1.82. The van der Waals surface area contributed by atoms with Crippen LogP contribution in [0.3, 0.4) is 0 Å². The second kappa shape index (κ2) is 6.81. The molecule has 0 rings (SSSR count). The van der Waals surface area contributed by atoms with Gasteiger partial charge in [-0.15, -0.1) is 0 Å². The van der Waals surface area contributed by atoms with Crippen LogP contribution in [0, 0.1) is 6.68 Å². The number of carbonyl (C=O) groups is 1. The van der Waals surface area contributed by atoms with Gasteiger partial charge in [0, 0.05) is 16.5 Å².